The molecule has 0 radical (unpaired) electrons. The molecule has 9 heteroatoms. The second-order valence-corrected chi connectivity index (χ2v) is 7.98. The zero-order valence-electron chi connectivity index (χ0n) is 16.2. The lowest BCUT2D eigenvalue weighted by molar-refractivity contribution is -0.113. The predicted molar refractivity (Wildman–Crippen MR) is 116 cm³/mol. The van der Waals surface area contributed by atoms with Gasteiger partial charge in [0.05, 0.1) is 18.4 Å². The van der Waals surface area contributed by atoms with E-state index in [4.69, 9.17) is 4.74 Å². The molecule has 3 aromatic rings. The SMILES string of the molecule is COc1ccc(NC(=O)c2c(C)cc(C)nc2SCC(=O)Nc2nccs2)cc1. The van der Waals surface area contributed by atoms with Gasteiger partial charge in [0.1, 0.15) is 10.8 Å². The van der Waals surface area contributed by atoms with Gasteiger partial charge in [-0.2, -0.15) is 0 Å². The molecule has 0 aliphatic rings. The maximum atomic E-state index is 12.9. The topological polar surface area (TPSA) is 93.2 Å². The van der Waals surface area contributed by atoms with Gasteiger partial charge >= 0.3 is 0 Å². The van der Waals surface area contributed by atoms with Crippen LogP contribution < -0.4 is 15.4 Å². The highest BCUT2D eigenvalue weighted by molar-refractivity contribution is 8.00. The van der Waals surface area contributed by atoms with Crippen LogP contribution in [0, 0.1) is 13.8 Å². The first kappa shape index (κ1) is 20.8. The molecule has 0 atom stereocenters. The lowest BCUT2D eigenvalue weighted by atomic mass is 10.1. The molecule has 150 valence electrons. The molecule has 1 aromatic carbocycles. The van der Waals surface area contributed by atoms with E-state index in [-0.39, 0.29) is 17.6 Å². The van der Waals surface area contributed by atoms with Crippen molar-refractivity contribution in [2.45, 2.75) is 18.9 Å². The molecule has 0 aliphatic heterocycles. The van der Waals surface area contributed by atoms with E-state index in [0.717, 1.165) is 11.3 Å². The number of benzene rings is 1. The second-order valence-electron chi connectivity index (χ2n) is 6.12. The summed E-state index contributed by atoms with van der Waals surface area (Å²) in [5.74, 6) is 0.354. The van der Waals surface area contributed by atoms with E-state index in [2.05, 4.69) is 20.6 Å². The lowest BCUT2D eigenvalue weighted by Gasteiger charge is -2.13. The zero-order valence-corrected chi connectivity index (χ0v) is 17.8. The molecular weight excluding hydrogens is 408 g/mol. The van der Waals surface area contributed by atoms with Gasteiger partial charge in [-0.15, -0.1) is 11.3 Å². The molecule has 2 aromatic heterocycles. The Morgan fingerprint density at radius 2 is 1.93 bits per heavy atom. The summed E-state index contributed by atoms with van der Waals surface area (Å²) in [6, 6.07) is 8.93. The quantitative estimate of drug-likeness (QED) is 0.549. The molecule has 0 aliphatic carbocycles. The Labute approximate surface area is 176 Å². The summed E-state index contributed by atoms with van der Waals surface area (Å²) in [6.07, 6.45) is 1.63. The number of hydrogen-bond acceptors (Lipinski definition) is 7. The van der Waals surface area contributed by atoms with Crippen molar-refractivity contribution in [3.8, 4) is 5.75 Å². The molecule has 0 saturated heterocycles. The summed E-state index contributed by atoms with van der Waals surface area (Å²) >= 11 is 2.57. The second kappa shape index (κ2) is 9.53. The van der Waals surface area contributed by atoms with Gasteiger partial charge in [-0.1, -0.05) is 11.8 Å². The normalized spacial score (nSPS) is 10.4. The van der Waals surface area contributed by atoms with Crippen molar-refractivity contribution in [3.05, 3.63) is 58.7 Å². The minimum atomic E-state index is -0.275. The van der Waals surface area contributed by atoms with Crippen molar-refractivity contribution in [1.29, 1.82) is 0 Å². The minimum absolute atomic E-state index is 0.123. The van der Waals surface area contributed by atoms with Crippen LogP contribution in [0.4, 0.5) is 10.8 Å². The fourth-order valence-electron chi connectivity index (χ4n) is 2.63. The summed E-state index contributed by atoms with van der Waals surface area (Å²) in [7, 11) is 1.59. The standard InChI is InChI=1S/C20H20N4O3S2/c1-12-10-13(2)22-19(29-11-16(25)24-20-21-8-9-28-20)17(12)18(26)23-14-4-6-15(27-3)7-5-14/h4-10H,11H2,1-3H3,(H,23,26)(H,21,24,25). The van der Waals surface area contributed by atoms with Gasteiger partial charge < -0.3 is 15.4 Å². The molecule has 0 fully saturated rings. The maximum absolute atomic E-state index is 12.9. The third-order valence-corrected chi connectivity index (χ3v) is 5.57. The van der Waals surface area contributed by atoms with Crippen molar-refractivity contribution in [3.63, 3.8) is 0 Å². The average Bonchev–Trinajstić information content (AvgIpc) is 3.19. The average molecular weight is 429 g/mol. The fraction of sp³-hybridized carbons (Fsp3) is 0.200. The van der Waals surface area contributed by atoms with Gasteiger partial charge in [-0.3, -0.25) is 9.59 Å². The number of aryl methyl sites for hydroxylation is 2. The van der Waals surface area contributed by atoms with Crippen LogP contribution in [0.2, 0.25) is 0 Å². The number of thioether (sulfide) groups is 1. The Hall–Kier alpha value is -2.91. The summed E-state index contributed by atoms with van der Waals surface area (Å²) in [5.41, 5.74) is 2.68. The van der Waals surface area contributed by atoms with E-state index in [9.17, 15) is 9.59 Å². The van der Waals surface area contributed by atoms with Crippen LogP contribution in [0.3, 0.4) is 0 Å². The number of nitrogens with one attached hydrogen (secondary N) is 2. The number of aromatic nitrogens is 2. The molecular formula is C20H20N4O3S2. The first-order chi connectivity index (χ1) is 14.0. The first-order valence-electron chi connectivity index (χ1n) is 8.72. The number of nitrogens with zero attached hydrogens (tertiary/aromatic N) is 2. The molecule has 2 N–H and O–H groups in total. The van der Waals surface area contributed by atoms with Crippen LogP contribution in [0.5, 0.6) is 5.75 Å². The summed E-state index contributed by atoms with van der Waals surface area (Å²) in [4.78, 5) is 33.6. The predicted octanol–water partition coefficient (Wildman–Crippen LogP) is 4.15. The molecule has 7 nitrogen and oxygen atoms in total. The summed E-state index contributed by atoms with van der Waals surface area (Å²) < 4.78 is 5.13. The highest BCUT2D eigenvalue weighted by Crippen LogP contribution is 2.26. The minimum Gasteiger partial charge on any atom is -0.497 e. The van der Waals surface area contributed by atoms with E-state index in [0.29, 0.717) is 27.2 Å². The monoisotopic (exact) mass is 428 g/mol. The lowest BCUT2D eigenvalue weighted by Crippen LogP contribution is -2.18. The van der Waals surface area contributed by atoms with E-state index >= 15 is 0 Å². The maximum Gasteiger partial charge on any atom is 0.258 e. The molecule has 29 heavy (non-hydrogen) atoms. The number of thiazole rings is 1. The van der Waals surface area contributed by atoms with Crippen LogP contribution in [0.25, 0.3) is 0 Å². The van der Waals surface area contributed by atoms with Crippen molar-refractivity contribution >= 4 is 45.7 Å². The third kappa shape index (κ3) is 5.55. The fourth-order valence-corrected chi connectivity index (χ4v) is 4.12. The Morgan fingerprint density at radius 1 is 1.17 bits per heavy atom. The van der Waals surface area contributed by atoms with E-state index in [1.165, 1.54) is 23.1 Å². The number of carbonyl (C=O) groups is 2. The van der Waals surface area contributed by atoms with E-state index in [1.54, 1.807) is 43.0 Å². The highest BCUT2D eigenvalue weighted by atomic mass is 32.2. The van der Waals surface area contributed by atoms with Crippen LogP contribution in [-0.4, -0.2) is 34.6 Å². The number of hydrogen-bond donors (Lipinski definition) is 2. The number of methoxy groups -OCH3 is 1. The number of anilines is 2. The van der Waals surface area contributed by atoms with Gasteiger partial charge in [-0.05, 0) is 49.7 Å². The van der Waals surface area contributed by atoms with E-state index in [1.807, 2.05) is 19.9 Å². The van der Waals surface area contributed by atoms with Crippen LogP contribution in [-0.2, 0) is 4.79 Å². The Morgan fingerprint density at radius 3 is 2.59 bits per heavy atom. The molecule has 0 unspecified atom stereocenters. The van der Waals surface area contributed by atoms with E-state index < -0.39 is 0 Å². The summed E-state index contributed by atoms with van der Waals surface area (Å²) in [5, 5.41) is 8.45. The number of ether oxygens (including phenoxy) is 1. The van der Waals surface area contributed by atoms with Gasteiger partial charge in [0.25, 0.3) is 5.91 Å². The van der Waals surface area contributed by atoms with Crippen LogP contribution >= 0.6 is 23.1 Å². The van der Waals surface area contributed by atoms with Crippen molar-refractivity contribution in [1.82, 2.24) is 9.97 Å². The Kier molecular flexibility index (Phi) is 6.84. The van der Waals surface area contributed by atoms with Gasteiger partial charge in [0.2, 0.25) is 5.91 Å². The molecule has 0 spiro atoms. The number of rotatable bonds is 7. The third-order valence-electron chi connectivity index (χ3n) is 3.91. The Bertz CT molecular complexity index is 1010. The van der Waals surface area contributed by atoms with Crippen molar-refractivity contribution in [2.24, 2.45) is 0 Å². The van der Waals surface area contributed by atoms with Crippen LogP contribution in [0.15, 0.2) is 46.9 Å². The molecule has 2 amide bonds. The molecule has 0 bridgehead atoms. The largest absolute Gasteiger partial charge is 0.497 e. The molecule has 2 heterocycles. The summed E-state index contributed by atoms with van der Waals surface area (Å²) in [6.45, 7) is 3.72. The molecule has 0 saturated carbocycles. The van der Waals surface area contributed by atoms with Gasteiger partial charge in [0.15, 0.2) is 5.13 Å². The number of pyridine rings is 1. The first-order valence-corrected chi connectivity index (χ1v) is 10.6. The Balaban J connectivity index is 1.74. The number of carbonyl (C=O) groups excluding carboxylic acids is 2. The van der Waals surface area contributed by atoms with Gasteiger partial charge in [0, 0.05) is 23.0 Å². The number of amides is 2. The van der Waals surface area contributed by atoms with Gasteiger partial charge in [-0.25, -0.2) is 9.97 Å². The smallest absolute Gasteiger partial charge is 0.258 e. The zero-order chi connectivity index (χ0) is 20.8. The highest BCUT2D eigenvalue weighted by Gasteiger charge is 2.19. The van der Waals surface area contributed by atoms with Crippen molar-refractivity contribution in [2.75, 3.05) is 23.5 Å². The van der Waals surface area contributed by atoms with Crippen LogP contribution in [0.1, 0.15) is 21.6 Å². The molecule has 3 rings (SSSR count). The van der Waals surface area contributed by atoms with Crippen molar-refractivity contribution < 1.29 is 14.3 Å².